The molecule has 1 aromatic rings. The van der Waals surface area contributed by atoms with Gasteiger partial charge >= 0.3 is 0 Å². The van der Waals surface area contributed by atoms with E-state index in [0.717, 1.165) is 24.9 Å². The molecular weight excluding hydrogens is 224 g/mol. The highest BCUT2D eigenvalue weighted by atomic mass is 16.2. The minimum absolute atomic E-state index is 0.0214. The molecule has 0 radical (unpaired) electrons. The molecule has 1 aromatic carbocycles. The quantitative estimate of drug-likeness (QED) is 0.839. The summed E-state index contributed by atoms with van der Waals surface area (Å²) in [4.78, 5) is 12.3. The molecule has 3 heteroatoms. The second-order valence-corrected chi connectivity index (χ2v) is 5.82. The van der Waals surface area contributed by atoms with E-state index < -0.39 is 0 Å². The highest BCUT2D eigenvalue weighted by Gasteiger charge is 2.34. The maximum atomic E-state index is 12.3. The number of benzene rings is 1. The second kappa shape index (κ2) is 4.30. The maximum absolute atomic E-state index is 12.3. The number of rotatable bonds is 2. The molecule has 0 saturated heterocycles. The first kappa shape index (κ1) is 11.6. The summed E-state index contributed by atoms with van der Waals surface area (Å²) < 4.78 is 0. The van der Waals surface area contributed by atoms with E-state index in [1.165, 1.54) is 18.4 Å². The van der Waals surface area contributed by atoms with Gasteiger partial charge in [-0.05, 0) is 31.4 Å². The highest BCUT2D eigenvalue weighted by Crippen LogP contribution is 2.30. The first-order valence-electron chi connectivity index (χ1n) is 6.83. The summed E-state index contributed by atoms with van der Waals surface area (Å²) in [5.74, 6) is 0.149. The van der Waals surface area contributed by atoms with Crippen LogP contribution in [0.25, 0.3) is 0 Å². The largest absolute Gasteiger partial charge is 0.373 e. The molecular formula is C15H20N2O. The normalized spacial score (nSPS) is 24.4. The van der Waals surface area contributed by atoms with E-state index in [4.69, 9.17) is 0 Å². The third kappa shape index (κ3) is 2.09. The van der Waals surface area contributed by atoms with Crippen molar-refractivity contribution in [1.29, 1.82) is 0 Å². The number of anilines is 1. The minimum atomic E-state index is -0.0974. The van der Waals surface area contributed by atoms with E-state index in [0.29, 0.717) is 0 Å². The van der Waals surface area contributed by atoms with Gasteiger partial charge in [0.2, 0.25) is 5.91 Å². The van der Waals surface area contributed by atoms with Crippen molar-refractivity contribution >= 4 is 11.6 Å². The number of hydrogen-bond donors (Lipinski definition) is 2. The Hall–Kier alpha value is -1.51. The molecule has 0 bridgehead atoms. The van der Waals surface area contributed by atoms with Crippen molar-refractivity contribution in [3.63, 3.8) is 0 Å². The van der Waals surface area contributed by atoms with E-state index in [1.54, 1.807) is 0 Å². The first-order chi connectivity index (χ1) is 8.66. The zero-order valence-electron chi connectivity index (χ0n) is 10.8. The van der Waals surface area contributed by atoms with Crippen LogP contribution >= 0.6 is 0 Å². The van der Waals surface area contributed by atoms with Gasteiger partial charge in [-0.3, -0.25) is 4.79 Å². The van der Waals surface area contributed by atoms with E-state index in [-0.39, 0.29) is 17.5 Å². The molecule has 0 aromatic heterocycles. The number of carbonyl (C=O) groups excluding carboxylic acids is 1. The fraction of sp³-hybridized carbons (Fsp3) is 0.533. The lowest BCUT2D eigenvalue weighted by Gasteiger charge is -2.27. The van der Waals surface area contributed by atoms with Crippen LogP contribution in [0.15, 0.2) is 24.3 Å². The smallest absolute Gasteiger partial charge is 0.243 e. The van der Waals surface area contributed by atoms with Crippen LogP contribution < -0.4 is 10.6 Å². The average Bonchev–Trinajstić information content (AvgIpc) is 2.95. The molecule has 1 amide bonds. The summed E-state index contributed by atoms with van der Waals surface area (Å²) in [5, 5.41) is 6.54. The third-order valence-electron chi connectivity index (χ3n) is 4.22. The van der Waals surface area contributed by atoms with Crippen molar-refractivity contribution in [2.45, 2.75) is 50.6 Å². The van der Waals surface area contributed by atoms with E-state index in [9.17, 15) is 4.79 Å². The van der Waals surface area contributed by atoms with Crippen molar-refractivity contribution in [3.8, 4) is 0 Å². The molecule has 2 N–H and O–H groups in total. The lowest BCUT2D eigenvalue weighted by Crippen LogP contribution is -2.49. The van der Waals surface area contributed by atoms with Gasteiger partial charge in [0.05, 0.1) is 0 Å². The molecule has 18 heavy (non-hydrogen) atoms. The minimum Gasteiger partial charge on any atom is -0.373 e. The summed E-state index contributed by atoms with van der Waals surface area (Å²) >= 11 is 0. The number of nitrogens with one attached hydrogen (secondary N) is 2. The van der Waals surface area contributed by atoms with E-state index in [2.05, 4.69) is 23.6 Å². The molecule has 1 saturated carbocycles. The summed E-state index contributed by atoms with van der Waals surface area (Å²) in [6.07, 6.45) is 5.49. The summed E-state index contributed by atoms with van der Waals surface area (Å²) in [7, 11) is 0. The molecule has 1 unspecified atom stereocenters. The predicted molar refractivity (Wildman–Crippen MR) is 72.6 cm³/mol. The standard InChI is InChI=1S/C15H20N2O/c1-15(8-4-5-9-15)17-14(18)13-10-11-6-2-3-7-12(11)16-13/h2-3,6-7,13,16H,4-5,8-10H2,1H3,(H,17,18). The molecule has 96 valence electrons. The molecule has 1 heterocycles. The van der Waals surface area contributed by atoms with Crippen LogP contribution in [0, 0.1) is 0 Å². The van der Waals surface area contributed by atoms with Gasteiger partial charge in [-0.15, -0.1) is 0 Å². The number of hydrogen-bond acceptors (Lipinski definition) is 2. The number of para-hydroxylation sites is 1. The second-order valence-electron chi connectivity index (χ2n) is 5.82. The van der Waals surface area contributed by atoms with E-state index >= 15 is 0 Å². The van der Waals surface area contributed by atoms with Gasteiger partial charge in [-0.2, -0.15) is 0 Å². The first-order valence-corrected chi connectivity index (χ1v) is 6.83. The van der Waals surface area contributed by atoms with Crippen molar-refractivity contribution in [2.75, 3.05) is 5.32 Å². The van der Waals surface area contributed by atoms with Gasteiger partial charge in [0.25, 0.3) is 0 Å². The van der Waals surface area contributed by atoms with Crippen molar-refractivity contribution in [1.82, 2.24) is 5.32 Å². The van der Waals surface area contributed by atoms with Crippen LogP contribution in [0.3, 0.4) is 0 Å². The Morgan fingerprint density at radius 2 is 2.06 bits per heavy atom. The lowest BCUT2D eigenvalue weighted by molar-refractivity contribution is -0.123. The topological polar surface area (TPSA) is 41.1 Å². The molecule has 1 fully saturated rings. The third-order valence-corrected chi connectivity index (χ3v) is 4.22. The predicted octanol–water partition coefficient (Wildman–Crippen LogP) is 2.47. The Balaban J connectivity index is 1.65. The Morgan fingerprint density at radius 1 is 1.33 bits per heavy atom. The average molecular weight is 244 g/mol. The van der Waals surface area contributed by atoms with Crippen LogP contribution in [-0.2, 0) is 11.2 Å². The van der Waals surface area contributed by atoms with Crippen LogP contribution in [0.4, 0.5) is 5.69 Å². The van der Waals surface area contributed by atoms with Gasteiger partial charge in [0.15, 0.2) is 0 Å². The number of carbonyl (C=O) groups is 1. The van der Waals surface area contributed by atoms with Gasteiger partial charge in [-0.1, -0.05) is 31.0 Å². The van der Waals surface area contributed by atoms with Crippen LogP contribution in [0.5, 0.6) is 0 Å². The Kier molecular flexibility index (Phi) is 2.77. The van der Waals surface area contributed by atoms with Crippen LogP contribution in [0.2, 0.25) is 0 Å². The monoisotopic (exact) mass is 244 g/mol. The zero-order chi connectivity index (χ0) is 12.6. The Bertz CT molecular complexity index is 438. The fourth-order valence-electron chi connectivity index (χ4n) is 3.12. The molecule has 2 aliphatic rings. The maximum Gasteiger partial charge on any atom is 0.243 e. The summed E-state index contributed by atoms with van der Waals surface area (Å²) in [6, 6.07) is 8.07. The van der Waals surface area contributed by atoms with Crippen molar-refractivity contribution in [3.05, 3.63) is 29.8 Å². The Labute approximate surface area is 108 Å². The van der Waals surface area contributed by atoms with Gasteiger partial charge in [0.1, 0.15) is 6.04 Å². The van der Waals surface area contributed by atoms with Crippen LogP contribution in [-0.4, -0.2) is 17.5 Å². The van der Waals surface area contributed by atoms with Crippen LogP contribution in [0.1, 0.15) is 38.2 Å². The molecule has 1 aliphatic heterocycles. The zero-order valence-corrected chi connectivity index (χ0v) is 10.8. The van der Waals surface area contributed by atoms with Crippen molar-refractivity contribution < 1.29 is 4.79 Å². The Morgan fingerprint density at radius 3 is 2.78 bits per heavy atom. The molecule has 3 nitrogen and oxygen atoms in total. The molecule has 0 spiro atoms. The van der Waals surface area contributed by atoms with Crippen molar-refractivity contribution in [2.24, 2.45) is 0 Å². The number of fused-ring (bicyclic) bond motifs is 1. The highest BCUT2D eigenvalue weighted by molar-refractivity contribution is 5.87. The fourth-order valence-corrected chi connectivity index (χ4v) is 3.12. The lowest BCUT2D eigenvalue weighted by atomic mass is 9.99. The summed E-state index contributed by atoms with van der Waals surface area (Å²) in [5.41, 5.74) is 2.37. The molecule has 1 atom stereocenters. The van der Waals surface area contributed by atoms with Gasteiger partial charge in [0, 0.05) is 17.6 Å². The van der Waals surface area contributed by atoms with E-state index in [1.807, 2.05) is 18.2 Å². The SMILES string of the molecule is CC1(NC(=O)C2Cc3ccccc3N2)CCCC1. The molecule has 3 rings (SSSR count). The summed E-state index contributed by atoms with van der Waals surface area (Å²) in [6.45, 7) is 2.17. The van der Waals surface area contributed by atoms with Gasteiger partial charge < -0.3 is 10.6 Å². The molecule has 1 aliphatic carbocycles. The number of amides is 1. The van der Waals surface area contributed by atoms with Gasteiger partial charge in [-0.25, -0.2) is 0 Å².